The molecule has 2 rings (SSSR count). The minimum absolute atomic E-state index is 0.206. The average molecular weight is 264 g/mol. The molecule has 1 aromatic carbocycles. The normalized spacial score (nSPS) is 21.9. The van der Waals surface area contributed by atoms with Gasteiger partial charge in [-0.3, -0.25) is 4.79 Å². The highest BCUT2D eigenvalue weighted by Crippen LogP contribution is 2.20. The monoisotopic (exact) mass is 264 g/mol. The number of nitrogens with zero attached hydrogens (tertiary/aromatic N) is 1. The Hall–Kier alpha value is -1.59. The van der Waals surface area contributed by atoms with Crippen LogP contribution in [0, 0.1) is 0 Å². The molecular weight excluding hydrogens is 244 g/mol. The molecule has 2 unspecified atom stereocenters. The number of nitrogens with two attached hydrogens (primary N) is 1. The summed E-state index contributed by atoms with van der Waals surface area (Å²) in [6, 6.07) is 6.01. The maximum atomic E-state index is 10.8. The number of likely N-dealkylation sites (N-methyl/N-ethyl adjacent to an activating group) is 1. The SMILES string of the molecule is CN1CCCC(Oc2ccc(C(N)C(=O)O)cc2)C1. The first-order chi connectivity index (χ1) is 9.06. The highest BCUT2D eigenvalue weighted by atomic mass is 16.5. The summed E-state index contributed by atoms with van der Waals surface area (Å²) in [4.78, 5) is 13.0. The molecule has 1 aliphatic heterocycles. The van der Waals surface area contributed by atoms with Crippen LogP contribution in [0.25, 0.3) is 0 Å². The predicted octanol–water partition coefficient (Wildman–Crippen LogP) is 1.24. The quantitative estimate of drug-likeness (QED) is 0.856. The second-order valence-electron chi connectivity index (χ2n) is 5.03. The van der Waals surface area contributed by atoms with Gasteiger partial charge in [-0.15, -0.1) is 0 Å². The van der Waals surface area contributed by atoms with Gasteiger partial charge in [0.25, 0.3) is 0 Å². The van der Waals surface area contributed by atoms with Gasteiger partial charge in [-0.1, -0.05) is 12.1 Å². The van der Waals surface area contributed by atoms with Crippen molar-refractivity contribution < 1.29 is 14.6 Å². The number of rotatable bonds is 4. The molecule has 5 heteroatoms. The highest BCUT2D eigenvalue weighted by molar-refractivity contribution is 5.75. The molecule has 1 heterocycles. The molecule has 0 bridgehead atoms. The lowest BCUT2D eigenvalue weighted by atomic mass is 10.1. The first-order valence-electron chi connectivity index (χ1n) is 6.50. The van der Waals surface area contributed by atoms with Crippen molar-refractivity contribution in [3.05, 3.63) is 29.8 Å². The van der Waals surface area contributed by atoms with E-state index in [4.69, 9.17) is 15.6 Å². The van der Waals surface area contributed by atoms with Gasteiger partial charge in [0.15, 0.2) is 0 Å². The number of carboxylic acids is 1. The van der Waals surface area contributed by atoms with E-state index in [1.807, 2.05) is 0 Å². The van der Waals surface area contributed by atoms with Crippen LogP contribution in [0.15, 0.2) is 24.3 Å². The van der Waals surface area contributed by atoms with Gasteiger partial charge in [0.05, 0.1) is 0 Å². The van der Waals surface area contributed by atoms with Gasteiger partial charge in [0, 0.05) is 6.54 Å². The van der Waals surface area contributed by atoms with Gasteiger partial charge >= 0.3 is 5.97 Å². The summed E-state index contributed by atoms with van der Waals surface area (Å²) >= 11 is 0. The molecule has 0 radical (unpaired) electrons. The number of carboxylic acid groups (broad SMARTS) is 1. The summed E-state index contributed by atoms with van der Waals surface area (Å²) < 4.78 is 5.89. The third-order valence-corrected chi connectivity index (χ3v) is 3.39. The fourth-order valence-electron chi connectivity index (χ4n) is 2.30. The van der Waals surface area contributed by atoms with Crippen molar-refractivity contribution >= 4 is 5.97 Å². The predicted molar refractivity (Wildman–Crippen MR) is 72.2 cm³/mol. The molecule has 104 valence electrons. The number of piperidine rings is 1. The van der Waals surface area contributed by atoms with Crippen LogP contribution >= 0.6 is 0 Å². The molecule has 0 aromatic heterocycles. The number of aliphatic carboxylic acids is 1. The second kappa shape index (κ2) is 6.04. The summed E-state index contributed by atoms with van der Waals surface area (Å²) in [6.45, 7) is 2.04. The van der Waals surface area contributed by atoms with Crippen molar-refractivity contribution in [1.29, 1.82) is 0 Å². The highest BCUT2D eigenvalue weighted by Gasteiger charge is 2.19. The number of hydrogen-bond donors (Lipinski definition) is 2. The zero-order chi connectivity index (χ0) is 13.8. The zero-order valence-electron chi connectivity index (χ0n) is 11.1. The van der Waals surface area contributed by atoms with Crippen LogP contribution in [0.5, 0.6) is 5.75 Å². The molecular formula is C14H20N2O3. The van der Waals surface area contributed by atoms with Crippen LogP contribution in [0.2, 0.25) is 0 Å². The van der Waals surface area contributed by atoms with Crippen LogP contribution in [0.4, 0.5) is 0 Å². The van der Waals surface area contributed by atoms with Crippen LogP contribution in [-0.2, 0) is 4.79 Å². The van der Waals surface area contributed by atoms with Gasteiger partial charge < -0.3 is 20.5 Å². The molecule has 1 aromatic rings. The van der Waals surface area contributed by atoms with E-state index >= 15 is 0 Å². The topological polar surface area (TPSA) is 75.8 Å². The van der Waals surface area contributed by atoms with E-state index in [2.05, 4.69) is 11.9 Å². The maximum Gasteiger partial charge on any atom is 0.325 e. The number of likely N-dealkylation sites (tertiary alicyclic amines) is 1. The van der Waals surface area contributed by atoms with Crippen LogP contribution in [0.1, 0.15) is 24.4 Å². The molecule has 5 nitrogen and oxygen atoms in total. The van der Waals surface area contributed by atoms with Gasteiger partial charge in [-0.2, -0.15) is 0 Å². The Bertz CT molecular complexity index is 433. The Kier molecular flexibility index (Phi) is 4.39. The van der Waals surface area contributed by atoms with Gasteiger partial charge in [0.1, 0.15) is 17.9 Å². The fourth-order valence-corrected chi connectivity index (χ4v) is 2.30. The number of hydrogen-bond acceptors (Lipinski definition) is 4. The molecule has 0 aliphatic carbocycles. The third-order valence-electron chi connectivity index (χ3n) is 3.39. The number of ether oxygens (including phenoxy) is 1. The van der Waals surface area contributed by atoms with Crippen molar-refractivity contribution in [3.8, 4) is 5.75 Å². The smallest absolute Gasteiger partial charge is 0.325 e. The Morgan fingerprint density at radius 3 is 2.74 bits per heavy atom. The molecule has 0 amide bonds. The van der Waals surface area contributed by atoms with Crippen molar-refractivity contribution in [3.63, 3.8) is 0 Å². The summed E-state index contributed by atoms with van der Waals surface area (Å²) in [6.07, 6.45) is 2.40. The van der Waals surface area contributed by atoms with Crippen molar-refractivity contribution in [1.82, 2.24) is 4.90 Å². The second-order valence-corrected chi connectivity index (χ2v) is 5.03. The number of carbonyl (C=O) groups is 1. The van der Waals surface area contributed by atoms with Crippen molar-refractivity contribution in [2.45, 2.75) is 25.0 Å². The standard InChI is InChI=1S/C14H20N2O3/c1-16-8-2-3-12(9-16)19-11-6-4-10(5-7-11)13(15)14(17)18/h4-7,12-13H,2-3,8-9,15H2,1H3,(H,17,18). The van der Waals surface area contributed by atoms with E-state index in [-0.39, 0.29) is 6.10 Å². The van der Waals surface area contributed by atoms with E-state index in [1.165, 1.54) is 0 Å². The Labute approximate surface area is 113 Å². The summed E-state index contributed by atoms with van der Waals surface area (Å²) in [7, 11) is 2.09. The first kappa shape index (κ1) is 13.8. The van der Waals surface area contributed by atoms with E-state index < -0.39 is 12.0 Å². The lowest BCUT2D eigenvalue weighted by molar-refractivity contribution is -0.138. The lowest BCUT2D eigenvalue weighted by Crippen LogP contribution is -2.38. The van der Waals surface area contributed by atoms with Gasteiger partial charge in [-0.05, 0) is 44.1 Å². The van der Waals surface area contributed by atoms with E-state index in [1.54, 1.807) is 24.3 Å². The molecule has 2 atom stereocenters. The molecule has 1 aliphatic rings. The van der Waals surface area contributed by atoms with Crippen LogP contribution < -0.4 is 10.5 Å². The van der Waals surface area contributed by atoms with E-state index in [0.29, 0.717) is 5.56 Å². The number of benzene rings is 1. The Morgan fingerprint density at radius 1 is 1.47 bits per heavy atom. The molecule has 1 fully saturated rings. The zero-order valence-corrected chi connectivity index (χ0v) is 11.1. The summed E-state index contributed by atoms with van der Waals surface area (Å²) in [5.41, 5.74) is 6.13. The fraction of sp³-hybridized carbons (Fsp3) is 0.500. The minimum Gasteiger partial charge on any atom is -0.489 e. The summed E-state index contributed by atoms with van der Waals surface area (Å²) in [5.74, 6) is -0.260. The van der Waals surface area contributed by atoms with Gasteiger partial charge in [0.2, 0.25) is 0 Å². The molecule has 0 spiro atoms. The van der Waals surface area contributed by atoms with Gasteiger partial charge in [-0.25, -0.2) is 0 Å². The molecule has 19 heavy (non-hydrogen) atoms. The van der Waals surface area contributed by atoms with Crippen molar-refractivity contribution in [2.75, 3.05) is 20.1 Å². The molecule has 0 saturated carbocycles. The molecule has 3 N–H and O–H groups in total. The molecule has 1 saturated heterocycles. The first-order valence-corrected chi connectivity index (χ1v) is 6.50. The van der Waals surface area contributed by atoms with Crippen LogP contribution in [-0.4, -0.2) is 42.2 Å². The maximum absolute atomic E-state index is 10.8. The van der Waals surface area contributed by atoms with E-state index in [0.717, 1.165) is 31.7 Å². The van der Waals surface area contributed by atoms with Crippen molar-refractivity contribution in [2.24, 2.45) is 5.73 Å². The average Bonchev–Trinajstić information content (AvgIpc) is 2.39. The summed E-state index contributed by atoms with van der Waals surface area (Å²) in [5, 5.41) is 8.83. The van der Waals surface area contributed by atoms with E-state index in [9.17, 15) is 4.79 Å². The van der Waals surface area contributed by atoms with Crippen LogP contribution in [0.3, 0.4) is 0 Å². The minimum atomic E-state index is -1.03. The Morgan fingerprint density at radius 2 is 2.16 bits per heavy atom. The lowest BCUT2D eigenvalue weighted by Gasteiger charge is -2.30. The third kappa shape index (κ3) is 3.68. The Balaban J connectivity index is 1.96. The largest absolute Gasteiger partial charge is 0.489 e.